The summed E-state index contributed by atoms with van der Waals surface area (Å²) in [5.74, 6) is 1.97. The van der Waals surface area contributed by atoms with Crippen LogP contribution in [-0.4, -0.2) is 33.5 Å². The lowest BCUT2D eigenvalue weighted by Crippen LogP contribution is -2.20. The number of thioether (sulfide) groups is 1. The number of aliphatic hydroxyl groups is 1. The van der Waals surface area contributed by atoms with Crippen LogP contribution >= 0.6 is 27.7 Å². The largest absolute Gasteiger partial charge is 0.491 e. The molecule has 0 aliphatic carbocycles. The number of hydrogen-bond donors (Lipinski definition) is 1. The molecule has 4 nitrogen and oxygen atoms in total. The van der Waals surface area contributed by atoms with Crippen LogP contribution in [0.5, 0.6) is 5.75 Å². The van der Waals surface area contributed by atoms with Gasteiger partial charge in [-0.15, -0.1) is 11.8 Å². The van der Waals surface area contributed by atoms with Crippen LogP contribution in [0.3, 0.4) is 0 Å². The molecule has 3 rings (SSSR count). The number of para-hydroxylation sites is 1. The maximum absolute atomic E-state index is 10.2. The number of halogens is 1. The van der Waals surface area contributed by atoms with Crippen molar-refractivity contribution in [1.29, 1.82) is 0 Å². The highest BCUT2D eigenvalue weighted by Crippen LogP contribution is 2.26. The first-order valence-corrected chi connectivity index (χ1v) is 9.32. The highest BCUT2D eigenvalue weighted by molar-refractivity contribution is 9.10. The summed E-state index contributed by atoms with van der Waals surface area (Å²) in [4.78, 5) is 8.93. The number of aryl methyl sites for hydroxylation is 1. The zero-order chi connectivity index (χ0) is 16.9. The Kier molecular flexibility index (Phi) is 5.71. The second kappa shape index (κ2) is 7.96. The number of nitrogens with zero attached hydrogens (tertiary/aromatic N) is 2. The van der Waals surface area contributed by atoms with Gasteiger partial charge in [-0.25, -0.2) is 9.97 Å². The summed E-state index contributed by atoms with van der Waals surface area (Å²) in [5, 5.41) is 12.1. The molecule has 0 unspecified atom stereocenters. The smallest absolute Gasteiger partial charge is 0.127 e. The van der Waals surface area contributed by atoms with Crippen LogP contribution in [-0.2, 0) is 0 Å². The lowest BCUT2D eigenvalue weighted by Gasteiger charge is -2.13. The van der Waals surface area contributed by atoms with Gasteiger partial charge in [-0.05, 0) is 31.2 Å². The lowest BCUT2D eigenvalue weighted by atomic mass is 10.2. The van der Waals surface area contributed by atoms with Crippen molar-refractivity contribution in [3.63, 3.8) is 0 Å². The topological polar surface area (TPSA) is 55.2 Å². The predicted molar refractivity (Wildman–Crippen MR) is 101 cm³/mol. The summed E-state index contributed by atoms with van der Waals surface area (Å²) in [7, 11) is 0. The maximum atomic E-state index is 10.2. The molecule has 3 aromatic rings. The van der Waals surface area contributed by atoms with Crippen molar-refractivity contribution < 1.29 is 9.84 Å². The molecule has 24 heavy (non-hydrogen) atoms. The van der Waals surface area contributed by atoms with Gasteiger partial charge in [0.15, 0.2) is 0 Å². The molecule has 1 N–H and O–H groups in total. The lowest BCUT2D eigenvalue weighted by molar-refractivity contribution is 0.126. The van der Waals surface area contributed by atoms with E-state index in [0.717, 1.165) is 32.0 Å². The molecule has 1 atom stereocenters. The van der Waals surface area contributed by atoms with E-state index in [2.05, 4.69) is 25.9 Å². The van der Waals surface area contributed by atoms with Crippen LogP contribution in [0.2, 0.25) is 0 Å². The molecule has 0 amide bonds. The molecule has 0 saturated heterocycles. The Bertz CT molecular complexity index is 844. The summed E-state index contributed by atoms with van der Waals surface area (Å²) in [5.41, 5.74) is 0.923. The van der Waals surface area contributed by atoms with Crippen molar-refractivity contribution in [1.82, 2.24) is 9.97 Å². The monoisotopic (exact) mass is 404 g/mol. The summed E-state index contributed by atoms with van der Waals surface area (Å²) < 4.78 is 6.57. The van der Waals surface area contributed by atoms with E-state index < -0.39 is 6.10 Å². The Morgan fingerprint density at radius 1 is 1.17 bits per heavy atom. The number of ether oxygens (including phenoxy) is 1. The first-order valence-electron chi connectivity index (χ1n) is 7.54. The Morgan fingerprint density at radius 2 is 2.00 bits per heavy atom. The summed E-state index contributed by atoms with van der Waals surface area (Å²) in [6.45, 7) is 2.12. The maximum Gasteiger partial charge on any atom is 0.127 e. The predicted octanol–water partition coefficient (Wildman–Crippen LogP) is 4.23. The van der Waals surface area contributed by atoms with Gasteiger partial charge in [0.05, 0.1) is 11.6 Å². The quantitative estimate of drug-likeness (QED) is 0.491. The van der Waals surface area contributed by atoms with Crippen molar-refractivity contribution >= 4 is 38.6 Å². The minimum Gasteiger partial charge on any atom is -0.491 e. The van der Waals surface area contributed by atoms with Crippen LogP contribution in [0.1, 0.15) is 5.82 Å². The minimum atomic E-state index is -0.581. The van der Waals surface area contributed by atoms with Gasteiger partial charge in [-0.1, -0.05) is 40.2 Å². The van der Waals surface area contributed by atoms with Gasteiger partial charge in [0.1, 0.15) is 23.2 Å². The highest BCUT2D eigenvalue weighted by Gasteiger charge is 2.11. The van der Waals surface area contributed by atoms with E-state index in [0.29, 0.717) is 5.75 Å². The standard InChI is InChI=1S/C18H17BrN2O2S/c1-12-20-17-8-3-2-7-16(17)18(21-12)24-11-14(22)10-23-15-6-4-5-13(19)9-15/h2-9,14,22H,10-11H2,1H3/t14-/m0/s1. The molecule has 6 heteroatoms. The summed E-state index contributed by atoms with van der Waals surface area (Å²) in [6, 6.07) is 15.5. The van der Waals surface area contributed by atoms with Crippen LogP contribution < -0.4 is 4.74 Å². The molecule has 0 spiro atoms. The van der Waals surface area contributed by atoms with Gasteiger partial charge in [0.25, 0.3) is 0 Å². The fourth-order valence-corrected chi connectivity index (χ4v) is 3.59. The Hall–Kier alpha value is -1.63. The van der Waals surface area contributed by atoms with Gasteiger partial charge in [-0.2, -0.15) is 0 Å². The first kappa shape index (κ1) is 17.2. The third-order valence-corrected chi connectivity index (χ3v) is 4.96. The van der Waals surface area contributed by atoms with Crippen molar-refractivity contribution in [2.24, 2.45) is 0 Å². The molecule has 0 fully saturated rings. The molecule has 124 valence electrons. The van der Waals surface area contributed by atoms with Crippen molar-refractivity contribution in [3.05, 3.63) is 58.8 Å². The van der Waals surface area contributed by atoms with E-state index in [1.807, 2.05) is 55.5 Å². The van der Waals surface area contributed by atoms with E-state index >= 15 is 0 Å². The van der Waals surface area contributed by atoms with Gasteiger partial charge >= 0.3 is 0 Å². The van der Waals surface area contributed by atoms with E-state index in [1.54, 1.807) is 0 Å². The van der Waals surface area contributed by atoms with Crippen molar-refractivity contribution in [2.45, 2.75) is 18.1 Å². The van der Waals surface area contributed by atoms with Gasteiger partial charge in [0.2, 0.25) is 0 Å². The van der Waals surface area contributed by atoms with E-state index in [1.165, 1.54) is 11.8 Å². The number of aliphatic hydroxyl groups excluding tert-OH is 1. The Balaban J connectivity index is 1.61. The molecule has 0 bridgehead atoms. The van der Waals surface area contributed by atoms with E-state index in [-0.39, 0.29) is 6.61 Å². The van der Waals surface area contributed by atoms with Gasteiger partial charge in [-0.3, -0.25) is 0 Å². The molecule has 0 saturated carbocycles. The Morgan fingerprint density at radius 3 is 2.83 bits per heavy atom. The molecular formula is C18H17BrN2O2S. The molecule has 1 heterocycles. The zero-order valence-corrected chi connectivity index (χ0v) is 15.5. The molecule has 2 aromatic carbocycles. The van der Waals surface area contributed by atoms with Crippen LogP contribution in [0, 0.1) is 6.92 Å². The molecule has 0 aliphatic rings. The second-order valence-corrected chi connectivity index (χ2v) is 7.25. The molecule has 0 aliphatic heterocycles. The number of rotatable bonds is 6. The fourth-order valence-electron chi connectivity index (χ4n) is 2.24. The average molecular weight is 405 g/mol. The minimum absolute atomic E-state index is 0.242. The van der Waals surface area contributed by atoms with Crippen LogP contribution in [0.15, 0.2) is 58.0 Å². The third kappa shape index (κ3) is 4.47. The number of aromatic nitrogens is 2. The average Bonchev–Trinajstić information content (AvgIpc) is 2.57. The van der Waals surface area contributed by atoms with E-state index in [9.17, 15) is 5.11 Å². The normalized spacial score (nSPS) is 12.3. The third-order valence-electron chi connectivity index (χ3n) is 3.33. The zero-order valence-electron chi connectivity index (χ0n) is 13.1. The van der Waals surface area contributed by atoms with Crippen molar-refractivity contribution in [3.8, 4) is 5.75 Å². The van der Waals surface area contributed by atoms with E-state index in [4.69, 9.17) is 4.74 Å². The SMILES string of the molecule is Cc1nc(SC[C@@H](O)COc2cccc(Br)c2)c2ccccc2n1. The highest BCUT2D eigenvalue weighted by atomic mass is 79.9. The molecule has 0 radical (unpaired) electrons. The molecule has 1 aromatic heterocycles. The number of hydrogen-bond acceptors (Lipinski definition) is 5. The number of fused-ring (bicyclic) bond motifs is 1. The Labute approximate surface area is 153 Å². The summed E-state index contributed by atoms with van der Waals surface area (Å²) >= 11 is 4.92. The van der Waals surface area contributed by atoms with Gasteiger partial charge < -0.3 is 9.84 Å². The summed E-state index contributed by atoms with van der Waals surface area (Å²) in [6.07, 6.45) is -0.581. The first-order chi connectivity index (χ1) is 11.6. The fraction of sp³-hybridized carbons (Fsp3) is 0.222. The molecular weight excluding hydrogens is 388 g/mol. The van der Waals surface area contributed by atoms with Crippen LogP contribution in [0.25, 0.3) is 10.9 Å². The number of benzene rings is 2. The second-order valence-electron chi connectivity index (χ2n) is 5.33. The van der Waals surface area contributed by atoms with Crippen LogP contribution in [0.4, 0.5) is 0 Å². The van der Waals surface area contributed by atoms with Gasteiger partial charge in [0, 0.05) is 15.6 Å². The van der Waals surface area contributed by atoms with Crippen molar-refractivity contribution in [2.75, 3.05) is 12.4 Å².